The van der Waals surface area contributed by atoms with Crippen molar-refractivity contribution in [2.24, 2.45) is 0 Å². The van der Waals surface area contributed by atoms with Gasteiger partial charge < -0.3 is 4.74 Å². The van der Waals surface area contributed by atoms with Crippen molar-refractivity contribution in [1.29, 1.82) is 0 Å². The third kappa shape index (κ3) is 2.85. The van der Waals surface area contributed by atoms with Crippen LogP contribution in [0.2, 0.25) is 0 Å². The lowest BCUT2D eigenvalue weighted by atomic mass is 9.98. The molecular formula is C16H23FO. The van der Waals surface area contributed by atoms with Crippen molar-refractivity contribution in [2.45, 2.75) is 64.4 Å². The van der Waals surface area contributed by atoms with Gasteiger partial charge in [0.25, 0.3) is 0 Å². The fourth-order valence-electron chi connectivity index (χ4n) is 2.63. The molecule has 1 aliphatic carbocycles. The number of ether oxygens (including phenoxy) is 1. The summed E-state index contributed by atoms with van der Waals surface area (Å²) in [6.07, 6.45) is 5.48. The van der Waals surface area contributed by atoms with Crippen LogP contribution in [0.3, 0.4) is 0 Å². The van der Waals surface area contributed by atoms with E-state index in [4.69, 9.17) is 4.74 Å². The van der Waals surface area contributed by atoms with Crippen molar-refractivity contribution in [3.63, 3.8) is 0 Å². The SMILES string of the molecule is CCC(C)c1ccc(F)c(OC2(C)CCCC2)c1. The van der Waals surface area contributed by atoms with E-state index < -0.39 is 0 Å². The molecule has 18 heavy (non-hydrogen) atoms. The molecule has 1 aliphatic rings. The maximum absolute atomic E-state index is 13.8. The van der Waals surface area contributed by atoms with Crippen LogP contribution in [-0.2, 0) is 0 Å². The fourth-order valence-corrected chi connectivity index (χ4v) is 2.63. The molecule has 2 rings (SSSR count). The van der Waals surface area contributed by atoms with E-state index in [1.165, 1.54) is 18.9 Å². The Morgan fingerprint density at radius 2 is 2.00 bits per heavy atom. The van der Waals surface area contributed by atoms with Crippen molar-refractivity contribution in [1.82, 2.24) is 0 Å². The third-order valence-corrected chi connectivity index (χ3v) is 4.15. The van der Waals surface area contributed by atoms with E-state index in [0.717, 1.165) is 24.8 Å². The Hall–Kier alpha value is -1.05. The number of benzene rings is 1. The third-order valence-electron chi connectivity index (χ3n) is 4.15. The highest BCUT2D eigenvalue weighted by Gasteiger charge is 2.31. The Morgan fingerprint density at radius 3 is 2.61 bits per heavy atom. The number of hydrogen-bond acceptors (Lipinski definition) is 1. The average Bonchev–Trinajstić information content (AvgIpc) is 2.78. The van der Waals surface area contributed by atoms with Gasteiger partial charge in [-0.1, -0.05) is 19.9 Å². The summed E-state index contributed by atoms with van der Waals surface area (Å²) < 4.78 is 19.8. The van der Waals surface area contributed by atoms with E-state index in [9.17, 15) is 4.39 Å². The van der Waals surface area contributed by atoms with E-state index in [-0.39, 0.29) is 11.4 Å². The quantitative estimate of drug-likeness (QED) is 0.726. The Morgan fingerprint density at radius 1 is 1.33 bits per heavy atom. The van der Waals surface area contributed by atoms with Crippen LogP contribution in [0.4, 0.5) is 4.39 Å². The second-order valence-corrected chi connectivity index (χ2v) is 5.76. The molecule has 1 saturated carbocycles. The summed E-state index contributed by atoms with van der Waals surface area (Å²) >= 11 is 0. The summed E-state index contributed by atoms with van der Waals surface area (Å²) in [5, 5.41) is 0. The highest BCUT2D eigenvalue weighted by Crippen LogP contribution is 2.36. The van der Waals surface area contributed by atoms with Crippen LogP contribution < -0.4 is 4.74 Å². The van der Waals surface area contributed by atoms with E-state index in [1.54, 1.807) is 0 Å². The van der Waals surface area contributed by atoms with E-state index in [0.29, 0.717) is 11.7 Å². The first-order chi connectivity index (χ1) is 8.54. The van der Waals surface area contributed by atoms with Crippen molar-refractivity contribution < 1.29 is 9.13 Å². The molecule has 0 aliphatic heterocycles. The van der Waals surface area contributed by atoms with Gasteiger partial charge in [-0.2, -0.15) is 0 Å². The summed E-state index contributed by atoms with van der Waals surface area (Å²) in [7, 11) is 0. The van der Waals surface area contributed by atoms with Gasteiger partial charge in [-0.25, -0.2) is 4.39 Å². The molecule has 0 saturated heterocycles. The average molecular weight is 250 g/mol. The Balaban J connectivity index is 2.21. The molecule has 0 aromatic heterocycles. The zero-order valence-corrected chi connectivity index (χ0v) is 11.6. The molecule has 100 valence electrons. The first-order valence-electron chi connectivity index (χ1n) is 7.02. The van der Waals surface area contributed by atoms with Crippen LogP contribution in [0.5, 0.6) is 5.75 Å². The van der Waals surface area contributed by atoms with Crippen LogP contribution in [0.25, 0.3) is 0 Å². The van der Waals surface area contributed by atoms with Crippen molar-refractivity contribution >= 4 is 0 Å². The monoisotopic (exact) mass is 250 g/mol. The summed E-state index contributed by atoms with van der Waals surface area (Å²) in [5.74, 6) is 0.636. The minimum atomic E-state index is -0.241. The van der Waals surface area contributed by atoms with Gasteiger partial charge in [0.2, 0.25) is 0 Å². The maximum Gasteiger partial charge on any atom is 0.165 e. The summed E-state index contributed by atoms with van der Waals surface area (Å²) in [4.78, 5) is 0. The number of halogens is 1. The second-order valence-electron chi connectivity index (χ2n) is 5.76. The Kier molecular flexibility index (Phi) is 3.94. The molecule has 0 N–H and O–H groups in total. The smallest absolute Gasteiger partial charge is 0.165 e. The summed E-state index contributed by atoms with van der Waals surface area (Å²) in [6, 6.07) is 5.29. The first-order valence-corrected chi connectivity index (χ1v) is 7.02. The zero-order chi connectivity index (χ0) is 13.2. The van der Waals surface area contributed by atoms with Gasteiger partial charge in [0, 0.05) is 0 Å². The van der Waals surface area contributed by atoms with Crippen molar-refractivity contribution in [2.75, 3.05) is 0 Å². The molecule has 1 unspecified atom stereocenters. The minimum absolute atomic E-state index is 0.172. The minimum Gasteiger partial charge on any atom is -0.484 e. The molecule has 1 aromatic carbocycles. The molecule has 1 aromatic rings. The molecule has 0 heterocycles. The molecule has 1 atom stereocenters. The molecule has 1 fully saturated rings. The predicted octanol–water partition coefficient (Wildman–Crippen LogP) is 5.05. The summed E-state index contributed by atoms with van der Waals surface area (Å²) in [6.45, 7) is 6.40. The maximum atomic E-state index is 13.8. The molecule has 0 spiro atoms. The molecular weight excluding hydrogens is 227 g/mol. The Bertz CT molecular complexity index is 408. The summed E-state index contributed by atoms with van der Waals surface area (Å²) in [5.41, 5.74) is 0.991. The molecule has 0 bridgehead atoms. The Labute approximate surface area is 109 Å². The highest BCUT2D eigenvalue weighted by atomic mass is 19.1. The molecule has 1 nitrogen and oxygen atoms in total. The van der Waals surface area contributed by atoms with Gasteiger partial charge in [-0.05, 0) is 62.6 Å². The van der Waals surface area contributed by atoms with Gasteiger partial charge in [-0.15, -0.1) is 0 Å². The fraction of sp³-hybridized carbons (Fsp3) is 0.625. The van der Waals surface area contributed by atoms with E-state index >= 15 is 0 Å². The van der Waals surface area contributed by atoms with Crippen LogP contribution in [0.1, 0.15) is 64.4 Å². The lowest BCUT2D eigenvalue weighted by Crippen LogP contribution is -2.28. The van der Waals surface area contributed by atoms with Crippen molar-refractivity contribution in [3.8, 4) is 5.75 Å². The van der Waals surface area contributed by atoms with Gasteiger partial charge in [-0.3, -0.25) is 0 Å². The lowest BCUT2D eigenvalue weighted by molar-refractivity contribution is 0.0912. The van der Waals surface area contributed by atoms with Crippen LogP contribution in [0.15, 0.2) is 18.2 Å². The van der Waals surface area contributed by atoms with Crippen LogP contribution in [-0.4, -0.2) is 5.60 Å². The molecule has 2 heteroatoms. The first kappa shape index (κ1) is 13.4. The number of rotatable bonds is 4. The molecule has 0 amide bonds. The van der Waals surface area contributed by atoms with Crippen LogP contribution in [0, 0.1) is 5.82 Å². The van der Waals surface area contributed by atoms with Gasteiger partial charge in [0.15, 0.2) is 11.6 Å². The van der Waals surface area contributed by atoms with Gasteiger partial charge in [0.1, 0.15) is 5.60 Å². The largest absolute Gasteiger partial charge is 0.484 e. The molecule has 0 radical (unpaired) electrons. The normalized spacial score (nSPS) is 19.8. The van der Waals surface area contributed by atoms with Gasteiger partial charge >= 0.3 is 0 Å². The topological polar surface area (TPSA) is 9.23 Å². The van der Waals surface area contributed by atoms with Crippen LogP contribution >= 0.6 is 0 Å². The zero-order valence-electron chi connectivity index (χ0n) is 11.6. The second kappa shape index (κ2) is 5.29. The predicted molar refractivity (Wildman–Crippen MR) is 72.6 cm³/mol. The van der Waals surface area contributed by atoms with Gasteiger partial charge in [0.05, 0.1) is 0 Å². The van der Waals surface area contributed by atoms with E-state index in [1.807, 2.05) is 12.1 Å². The standard InChI is InChI=1S/C16H23FO/c1-4-12(2)13-7-8-14(17)15(11-13)18-16(3)9-5-6-10-16/h7-8,11-12H,4-6,9-10H2,1-3H3. The van der Waals surface area contributed by atoms with Crippen molar-refractivity contribution in [3.05, 3.63) is 29.6 Å². The lowest BCUT2D eigenvalue weighted by Gasteiger charge is -2.26. The number of hydrogen-bond donors (Lipinski definition) is 0. The highest BCUT2D eigenvalue weighted by molar-refractivity contribution is 5.32. The van der Waals surface area contributed by atoms with E-state index in [2.05, 4.69) is 20.8 Å².